The van der Waals surface area contributed by atoms with Gasteiger partial charge in [0.1, 0.15) is 0 Å². The van der Waals surface area contributed by atoms with Crippen LogP contribution < -0.4 is 5.32 Å². The van der Waals surface area contributed by atoms with Gasteiger partial charge in [-0.15, -0.1) is 0 Å². The molecule has 0 aromatic carbocycles. The minimum Gasteiger partial charge on any atom is -0.375 e. The van der Waals surface area contributed by atoms with E-state index in [1.807, 2.05) is 27.7 Å². The van der Waals surface area contributed by atoms with E-state index < -0.39 is 0 Å². The van der Waals surface area contributed by atoms with Crippen LogP contribution in [0.25, 0.3) is 0 Å². The van der Waals surface area contributed by atoms with Gasteiger partial charge in [-0.1, -0.05) is 0 Å². The Bertz CT molecular complexity index is 273. The number of amides is 1. The van der Waals surface area contributed by atoms with Crippen molar-refractivity contribution in [3.63, 3.8) is 0 Å². The van der Waals surface area contributed by atoms with Gasteiger partial charge in [-0.2, -0.15) is 0 Å². The van der Waals surface area contributed by atoms with E-state index in [0.717, 1.165) is 12.8 Å². The lowest BCUT2D eigenvalue weighted by Crippen LogP contribution is -2.35. The molecule has 0 radical (unpaired) electrons. The van der Waals surface area contributed by atoms with Crippen LogP contribution in [0.4, 0.5) is 0 Å². The van der Waals surface area contributed by atoms with Gasteiger partial charge in [-0.3, -0.25) is 4.79 Å². The minimum atomic E-state index is -0.226. The van der Waals surface area contributed by atoms with Gasteiger partial charge < -0.3 is 14.8 Å². The van der Waals surface area contributed by atoms with Crippen LogP contribution in [0.2, 0.25) is 0 Å². The number of ether oxygens (including phenoxy) is 2. The Morgan fingerprint density at radius 3 is 2.16 bits per heavy atom. The first kappa shape index (κ1) is 18.4. The number of carbonyl (C=O) groups is 1. The van der Waals surface area contributed by atoms with Gasteiger partial charge in [0.25, 0.3) is 0 Å². The van der Waals surface area contributed by atoms with Crippen LogP contribution in [0.1, 0.15) is 61.3 Å². The lowest BCUT2D eigenvalue weighted by Gasteiger charge is -2.31. The lowest BCUT2D eigenvalue weighted by atomic mass is 10.0. The molecular formula is C15H31NO3. The van der Waals surface area contributed by atoms with Crippen molar-refractivity contribution in [2.75, 3.05) is 13.2 Å². The van der Waals surface area contributed by atoms with Crippen molar-refractivity contribution in [2.45, 2.75) is 78.6 Å². The van der Waals surface area contributed by atoms with Crippen molar-refractivity contribution in [2.24, 2.45) is 0 Å². The van der Waals surface area contributed by atoms with Crippen LogP contribution in [-0.4, -0.2) is 36.4 Å². The molecule has 0 atom stereocenters. The maximum absolute atomic E-state index is 10.8. The Morgan fingerprint density at radius 1 is 1.11 bits per heavy atom. The zero-order valence-electron chi connectivity index (χ0n) is 13.6. The molecule has 4 nitrogen and oxygen atoms in total. The number of hydrogen-bond donors (Lipinski definition) is 1. The molecule has 19 heavy (non-hydrogen) atoms. The molecular weight excluding hydrogens is 242 g/mol. The van der Waals surface area contributed by atoms with Crippen LogP contribution >= 0.6 is 0 Å². The summed E-state index contributed by atoms with van der Waals surface area (Å²) >= 11 is 0. The summed E-state index contributed by atoms with van der Waals surface area (Å²) in [6, 6.07) is 0. The van der Waals surface area contributed by atoms with Crippen LogP contribution in [0.5, 0.6) is 0 Å². The number of nitrogens with one attached hydrogen (secondary N) is 1. The number of carbonyl (C=O) groups excluding carboxylic acids is 1. The number of hydrogen-bond acceptors (Lipinski definition) is 3. The van der Waals surface area contributed by atoms with E-state index >= 15 is 0 Å². The summed E-state index contributed by atoms with van der Waals surface area (Å²) in [4.78, 5) is 10.8. The van der Waals surface area contributed by atoms with Gasteiger partial charge in [0.15, 0.2) is 0 Å². The second kappa shape index (κ2) is 7.85. The second-order valence-electron chi connectivity index (χ2n) is 6.52. The van der Waals surface area contributed by atoms with Crippen LogP contribution in [0, 0.1) is 0 Å². The molecule has 0 fully saturated rings. The molecule has 0 saturated heterocycles. The average molecular weight is 273 g/mol. The second-order valence-corrected chi connectivity index (χ2v) is 6.52. The third-order valence-corrected chi connectivity index (χ3v) is 2.85. The van der Waals surface area contributed by atoms with E-state index in [9.17, 15) is 4.79 Å². The molecule has 0 rings (SSSR count). The van der Waals surface area contributed by atoms with Gasteiger partial charge in [0, 0.05) is 13.5 Å². The first-order valence-electron chi connectivity index (χ1n) is 7.10. The first-order chi connectivity index (χ1) is 8.54. The monoisotopic (exact) mass is 273 g/mol. The van der Waals surface area contributed by atoms with Crippen LogP contribution in [0.3, 0.4) is 0 Å². The minimum absolute atomic E-state index is 0.00210. The molecule has 114 valence electrons. The van der Waals surface area contributed by atoms with E-state index in [4.69, 9.17) is 9.47 Å². The molecule has 0 aliphatic rings. The van der Waals surface area contributed by atoms with Gasteiger partial charge in [0.05, 0.1) is 23.9 Å². The normalized spacial score (nSPS) is 12.8. The standard InChI is InChI=1S/C15H31NO3/c1-12(2)19-15(6,7)9-11-18-14(4,5)8-10-16-13(3)17/h12H,8-11H2,1-7H3,(H,16,17). The van der Waals surface area contributed by atoms with Crippen LogP contribution in [0.15, 0.2) is 0 Å². The molecule has 0 aliphatic carbocycles. The van der Waals surface area contributed by atoms with E-state index in [1.165, 1.54) is 6.92 Å². The summed E-state index contributed by atoms with van der Waals surface area (Å²) in [5.74, 6) is 0.00210. The van der Waals surface area contributed by atoms with E-state index in [2.05, 4.69) is 19.2 Å². The van der Waals surface area contributed by atoms with Crippen molar-refractivity contribution in [1.82, 2.24) is 5.32 Å². The quantitative estimate of drug-likeness (QED) is 0.702. The molecule has 0 saturated carbocycles. The van der Waals surface area contributed by atoms with Gasteiger partial charge >= 0.3 is 0 Å². The summed E-state index contributed by atoms with van der Waals surface area (Å²) in [5, 5.41) is 2.79. The summed E-state index contributed by atoms with van der Waals surface area (Å²) < 4.78 is 11.7. The zero-order valence-corrected chi connectivity index (χ0v) is 13.6. The Labute approximate surface area is 118 Å². The fourth-order valence-electron chi connectivity index (χ4n) is 1.88. The average Bonchev–Trinajstić information content (AvgIpc) is 2.12. The highest BCUT2D eigenvalue weighted by molar-refractivity contribution is 5.72. The molecule has 1 N–H and O–H groups in total. The molecule has 0 aromatic heterocycles. The van der Waals surface area contributed by atoms with E-state index in [1.54, 1.807) is 0 Å². The topological polar surface area (TPSA) is 47.6 Å². The first-order valence-corrected chi connectivity index (χ1v) is 7.10. The molecule has 0 spiro atoms. The Morgan fingerprint density at radius 2 is 1.68 bits per heavy atom. The van der Waals surface area contributed by atoms with Gasteiger partial charge in [0.2, 0.25) is 5.91 Å². The zero-order chi connectivity index (χ0) is 15.1. The fourth-order valence-corrected chi connectivity index (χ4v) is 1.88. The SMILES string of the molecule is CC(=O)NCCC(C)(C)OCCC(C)(C)OC(C)C. The molecule has 0 heterocycles. The Hall–Kier alpha value is -0.610. The predicted octanol–water partition coefficient (Wildman–Crippen LogP) is 2.90. The Balaban J connectivity index is 3.93. The lowest BCUT2D eigenvalue weighted by molar-refractivity contribution is -0.119. The summed E-state index contributed by atoms with van der Waals surface area (Å²) in [7, 11) is 0. The van der Waals surface area contributed by atoms with Crippen molar-refractivity contribution in [3.05, 3.63) is 0 Å². The maximum Gasteiger partial charge on any atom is 0.216 e. The summed E-state index contributed by atoms with van der Waals surface area (Å²) in [6.45, 7) is 15.2. The molecule has 0 unspecified atom stereocenters. The summed E-state index contributed by atoms with van der Waals surface area (Å²) in [6.07, 6.45) is 1.88. The highest BCUT2D eigenvalue weighted by atomic mass is 16.5. The van der Waals surface area contributed by atoms with Gasteiger partial charge in [-0.25, -0.2) is 0 Å². The third kappa shape index (κ3) is 11.0. The molecule has 0 aliphatic heterocycles. The number of rotatable bonds is 9. The highest BCUT2D eigenvalue weighted by Crippen LogP contribution is 2.20. The van der Waals surface area contributed by atoms with Crippen molar-refractivity contribution < 1.29 is 14.3 Å². The molecule has 1 amide bonds. The highest BCUT2D eigenvalue weighted by Gasteiger charge is 2.23. The largest absolute Gasteiger partial charge is 0.375 e. The van der Waals surface area contributed by atoms with Crippen molar-refractivity contribution in [3.8, 4) is 0 Å². The molecule has 0 bridgehead atoms. The summed E-state index contributed by atoms with van der Waals surface area (Å²) in [5.41, 5.74) is -0.391. The smallest absolute Gasteiger partial charge is 0.216 e. The van der Waals surface area contributed by atoms with E-state index in [0.29, 0.717) is 13.2 Å². The van der Waals surface area contributed by atoms with Crippen molar-refractivity contribution in [1.29, 1.82) is 0 Å². The Kier molecular flexibility index (Phi) is 7.60. The maximum atomic E-state index is 10.8. The molecule has 0 aromatic rings. The fraction of sp³-hybridized carbons (Fsp3) is 0.933. The van der Waals surface area contributed by atoms with Gasteiger partial charge in [-0.05, 0) is 54.4 Å². The molecule has 4 heteroatoms. The van der Waals surface area contributed by atoms with E-state index in [-0.39, 0.29) is 23.2 Å². The third-order valence-electron chi connectivity index (χ3n) is 2.85. The van der Waals surface area contributed by atoms with Crippen LogP contribution in [-0.2, 0) is 14.3 Å². The van der Waals surface area contributed by atoms with Crippen molar-refractivity contribution >= 4 is 5.91 Å². The predicted molar refractivity (Wildman–Crippen MR) is 78.2 cm³/mol.